The fraction of sp³-hybridized carbons (Fsp3) is 1.00. The van der Waals surface area contributed by atoms with Crippen LogP contribution in [0.15, 0.2) is 0 Å². The SMILES string of the molecule is CC.CC.CC(C)N1CCC2(CN(C)C2)C1. The smallest absolute Gasteiger partial charge is 0.00968 e. The number of hydrogen-bond acceptors (Lipinski definition) is 2. The molecule has 0 amide bonds. The molecule has 2 rings (SSSR count). The summed E-state index contributed by atoms with van der Waals surface area (Å²) in [6.07, 6.45) is 1.43. The van der Waals surface area contributed by atoms with Gasteiger partial charge in [0, 0.05) is 31.1 Å². The van der Waals surface area contributed by atoms with Gasteiger partial charge in [-0.2, -0.15) is 0 Å². The van der Waals surface area contributed by atoms with E-state index in [1.807, 2.05) is 27.7 Å². The van der Waals surface area contributed by atoms with Crippen LogP contribution in [0, 0.1) is 5.41 Å². The molecule has 0 radical (unpaired) electrons. The van der Waals surface area contributed by atoms with Gasteiger partial charge in [0.15, 0.2) is 0 Å². The van der Waals surface area contributed by atoms with E-state index in [-0.39, 0.29) is 0 Å². The first kappa shape index (κ1) is 15.9. The van der Waals surface area contributed by atoms with Gasteiger partial charge in [-0.1, -0.05) is 27.7 Å². The van der Waals surface area contributed by atoms with E-state index in [9.17, 15) is 0 Å². The molecule has 2 aliphatic heterocycles. The Morgan fingerprint density at radius 2 is 1.44 bits per heavy atom. The van der Waals surface area contributed by atoms with E-state index in [2.05, 4.69) is 30.7 Å². The van der Waals surface area contributed by atoms with Gasteiger partial charge in [-0.15, -0.1) is 0 Å². The van der Waals surface area contributed by atoms with Crippen molar-refractivity contribution in [3.05, 3.63) is 0 Å². The number of hydrogen-bond donors (Lipinski definition) is 0. The summed E-state index contributed by atoms with van der Waals surface area (Å²) in [7, 11) is 2.23. The molecule has 0 N–H and O–H groups in total. The van der Waals surface area contributed by atoms with E-state index < -0.39 is 0 Å². The Hall–Kier alpha value is -0.0800. The van der Waals surface area contributed by atoms with E-state index in [1.165, 1.54) is 32.6 Å². The molecule has 0 unspecified atom stereocenters. The quantitative estimate of drug-likeness (QED) is 0.680. The maximum atomic E-state index is 2.62. The minimum absolute atomic E-state index is 0.693. The van der Waals surface area contributed by atoms with Crippen molar-refractivity contribution < 1.29 is 0 Å². The van der Waals surface area contributed by atoms with E-state index in [4.69, 9.17) is 0 Å². The molecule has 0 aliphatic carbocycles. The highest BCUT2D eigenvalue weighted by atomic mass is 15.3. The summed E-state index contributed by atoms with van der Waals surface area (Å²) in [5.41, 5.74) is 0.693. The predicted octanol–water partition coefficient (Wildman–Crippen LogP) is 3.08. The van der Waals surface area contributed by atoms with Crippen LogP contribution in [0.4, 0.5) is 0 Å². The third-order valence-corrected chi connectivity index (χ3v) is 3.41. The maximum absolute atomic E-state index is 2.62. The van der Waals surface area contributed by atoms with Gasteiger partial charge in [-0.05, 0) is 33.9 Å². The summed E-state index contributed by atoms with van der Waals surface area (Å²) in [5.74, 6) is 0. The van der Waals surface area contributed by atoms with Crippen molar-refractivity contribution in [3.63, 3.8) is 0 Å². The lowest BCUT2D eigenvalue weighted by molar-refractivity contribution is 0.0280. The Labute approximate surface area is 103 Å². The van der Waals surface area contributed by atoms with Gasteiger partial charge >= 0.3 is 0 Å². The minimum atomic E-state index is 0.693. The third kappa shape index (κ3) is 3.74. The van der Waals surface area contributed by atoms with Crippen LogP contribution in [-0.4, -0.2) is 49.1 Å². The zero-order valence-electron chi connectivity index (χ0n) is 12.5. The predicted molar refractivity (Wildman–Crippen MR) is 74.0 cm³/mol. The molecule has 2 aliphatic rings. The fourth-order valence-corrected chi connectivity index (χ4v) is 2.77. The Bertz CT molecular complexity index is 172. The third-order valence-electron chi connectivity index (χ3n) is 3.41. The summed E-state index contributed by atoms with van der Waals surface area (Å²) in [6, 6.07) is 0.746. The Balaban J connectivity index is 0.000000509. The Morgan fingerprint density at radius 3 is 1.75 bits per heavy atom. The van der Waals surface area contributed by atoms with Crippen LogP contribution in [0.3, 0.4) is 0 Å². The minimum Gasteiger partial charge on any atom is -0.305 e. The molecule has 2 saturated heterocycles. The van der Waals surface area contributed by atoms with Crippen LogP contribution in [0.5, 0.6) is 0 Å². The van der Waals surface area contributed by atoms with Crippen LogP contribution < -0.4 is 0 Å². The van der Waals surface area contributed by atoms with Gasteiger partial charge in [0.25, 0.3) is 0 Å². The summed E-state index contributed by atoms with van der Waals surface area (Å²) < 4.78 is 0. The second-order valence-corrected chi connectivity index (χ2v) is 4.99. The molecule has 0 aromatic heterocycles. The summed E-state index contributed by atoms with van der Waals surface area (Å²) >= 11 is 0. The molecule has 0 aromatic carbocycles. The van der Waals surface area contributed by atoms with Crippen LogP contribution in [-0.2, 0) is 0 Å². The van der Waals surface area contributed by atoms with Crippen molar-refractivity contribution in [1.82, 2.24) is 9.80 Å². The fourth-order valence-electron chi connectivity index (χ4n) is 2.77. The van der Waals surface area contributed by atoms with Crippen molar-refractivity contribution in [2.75, 3.05) is 33.2 Å². The van der Waals surface area contributed by atoms with Gasteiger partial charge < -0.3 is 9.80 Å². The van der Waals surface area contributed by atoms with E-state index in [0.29, 0.717) is 5.41 Å². The van der Waals surface area contributed by atoms with Crippen molar-refractivity contribution in [3.8, 4) is 0 Å². The summed E-state index contributed by atoms with van der Waals surface area (Å²) in [5, 5.41) is 0. The Kier molecular flexibility index (Phi) is 7.25. The highest BCUT2D eigenvalue weighted by Crippen LogP contribution is 2.38. The normalized spacial score (nSPS) is 23.2. The van der Waals surface area contributed by atoms with Crippen LogP contribution in [0.1, 0.15) is 48.0 Å². The molecule has 0 atom stereocenters. The molecule has 0 bridgehead atoms. The van der Waals surface area contributed by atoms with Gasteiger partial charge in [-0.25, -0.2) is 0 Å². The molecule has 1 spiro atoms. The molecule has 2 heteroatoms. The standard InChI is InChI=1S/C10H20N2.2C2H6/c1-9(2)12-5-4-10(8-12)6-11(3)7-10;2*1-2/h9H,4-8H2,1-3H3;2*1-2H3. The molecule has 0 aromatic rings. The van der Waals surface area contributed by atoms with Crippen molar-refractivity contribution in [2.24, 2.45) is 5.41 Å². The van der Waals surface area contributed by atoms with Gasteiger partial charge in [0.1, 0.15) is 0 Å². The van der Waals surface area contributed by atoms with Crippen molar-refractivity contribution >= 4 is 0 Å². The molecule has 0 saturated carbocycles. The average Bonchev–Trinajstić information content (AvgIpc) is 2.69. The van der Waals surface area contributed by atoms with Crippen molar-refractivity contribution in [2.45, 2.75) is 54.0 Å². The first-order valence-corrected chi connectivity index (χ1v) is 7.04. The molecule has 16 heavy (non-hydrogen) atoms. The monoisotopic (exact) mass is 228 g/mol. The summed E-state index contributed by atoms with van der Waals surface area (Å²) in [6.45, 7) is 17.9. The molecular formula is C14H32N2. The topological polar surface area (TPSA) is 6.48 Å². The summed E-state index contributed by atoms with van der Waals surface area (Å²) in [4.78, 5) is 5.05. The lowest BCUT2D eigenvalue weighted by atomic mass is 9.79. The zero-order valence-corrected chi connectivity index (χ0v) is 12.5. The van der Waals surface area contributed by atoms with Crippen LogP contribution in [0.2, 0.25) is 0 Å². The highest BCUT2D eigenvalue weighted by Gasteiger charge is 2.46. The molecular weight excluding hydrogens is 196 g/mol. The lowest BCUT2D eigenvalue weighted by Crippen LogP contribution is -2.55. The molecule has 2 fully saturated rings. The highest BCUT2D eigenvalue weighted by molar-refractivity contribution is 5.00. The second-order valence-electron chi connectivity index (χ2n) is 4.99. The average molecular weight is 228 g/mol. The van der Waals surface area contributed by atoms with Gasteiger partial charge in [0.05, 0.1) is 0 Å². The molecule has 2 nitrogen and oxygen atoms in total. The number of likely N-dealkylation sites (tertiary alicyclic amines) is 2. The molecule has 2 heterocycles. The number of nitrogens with zero attached hydrogens (tertiary/aromatic N) is 2. The van der Waals surface area contributed by atoms with Gasteiger partial charge in [-0.3, -0.25) is 0 Å². The molecule has 98 valence electrons. The van der Waals surface area contributed by atoms with E-state index in [1.54, 1.807) is 0 Å². The van der Waals surface area contributed by atoms with Crippen LogP contribution in [0.25, 0.3) is 0 Å². The Morgan fingerprint density at radius 1 is 0.938 bits per heavy atom. The first-order valence-electron chi connectivity index (χ1n) is 7.04. The van der Waals surface area contributed by atoms with Crippen molar-refractivity contribution in [1.29, 1.82) is 0 Å². The van der Waals surface area contributed by atoms with E-state index in [0.717, 1.165) is 6.04 Å². The lowest BCUT2D eigenvalue weighted by Gasteiger charge is -2.46. The van der Waals surface area contributed by atoms with Gasteiger partial charge in [0.2, 0.25) is 0 Å². The van der Waals surface area contributed by atoms with E-state index >= 15 is 0 Å². The zero-order chi connectivity index (χ0) is 12.8. The number of rotatable bonds is 1. The van der Waals surface area contributed by atoms with Crippen LogP contribution >= 0.6 is 0 Å². The first-order chi connectivity index (χ1) is 7.61. The second kappa shape index (κ2) is 7.29. The largest absolute Gasteiger partial charge is 0.305 e. The maximum Gasteiger partial charge on any atom is 0.00968 e.